The highest BCUT2D eigenvalue weighted by molar-refractivity contribution is 6.02. The normalized spacial score (nSPS) is 10.7. The number of anilines is 1. The number of carbonyl (C=O) groups excluding carboxylic acids is 1. The van der Waals surface area contributed by atoms with Gasteiger partial charge in [0, 0.05) is 32.3 Å². The Morgan fingerprint density at radius 3 is 2.95 bits per heavy atom. The molecule has 0 bridgehead atoms. The van der Waals surface area contributed by atoms with E-state index in [1.165, 1.54) is 0 Å². The fourth-order valence-electron chi connectivity index (χ4n) is 1.69. The Morgan fingerprint density at radius 1 is 1.53 bits per heavy atom. The molecule has 0 aliphatic carbocycles. The third kappa shape index (κ3) is 3.19. The summed E-state index contributed by atoms with van der Waals surface area (Å²) in [5, 5.41) is 13.7. The fourth-order valence-corrected chi connectivity index (χ4v) is 1.69. The molecule has 0 atom stereocenters. The van der Waals surface area contributed by atoms with Crippen LogP contribution in [-0.4, -0.2) is 39.6 Å². The SMILES string of the molecule is COCCc1cc(NC(=O)c2cc(C)[nH]n2)n(C)n1. The van der Waals surface area contributed by atoms with Crippen molar-refractivity contribution in [2.24, 2.45) is 7.05 Å². The van der Waals surface area contributed by atoms with Gasteiger partial charge >= 0.3 is 0 Å². The quantitative estimate of drug-likeness (QED) is 0.839. The molecule has 2 aromatic rings. The largest absolute Gasteiger partial charge is 0.384 e. The zero-order valence-corrected chi connectivity index (χ0v) is 11.2. The van der Waals surface area contributed by atoms with Crippen LogP contribution in [0, 0.1) is 6.92 Å². The van der Waals surface area contributed by atoms with Crippen LogP contribution in [0.3, 0.4) is 0 Å². The lowest BCUT2D eigenvalue weighted by Gasteiger charge is -2.01. The van der Waals surface area contributed by atoms with Crippen LogP contribution in [0.5, 0.6) is 0 Å². The molecule has 2 rings (SSSR count). The molecule has 0 aliphatic rings. The molecular formula is C12H17N5O2. The first-order valence-electron chi connectivity index (χ1n) is 5.95. The molecule has 2 heterocycles. The molecule has 7 nitrogen and oxygen atoms in total. The van der Waals surface area contributed by atoms with Gasteiger partial charge in [-0.15, -0.1) is 0 Å². The van der Waals surface area contributed by atoms with Crippen LogP contribution < -0.4 is 5.32 Å². The molecule has 0 aromatic carbocycles. The summed E-state index contributed by atoms with van der Waals surface area (Å²) in [5.41, 5.74) is 2.07. The van der Waals surface area contributed by atoms with Crippen molar-refractivity contribution < 1.29 is 9.53 Å². The van der Waals surface area contributed by atoms with Gasteiger partial charge in [0.05, 0.1) is 12.3 Å². The molecule has 1 amide bonds. The summed E-state index contributed by atoms with van der Waals surface area (Å²) < 4.78 is 6.62. The molecule has 0 spiro atoms. The topological polar surface area (TPSA) is 84.8 Å². The molecule has 102 valence electrons. The molecule has 0 aliphatic heterocycles. The molecule has 2 N–H and O–H groups in total. The van der Waals surface area contributed by atoms with Crippen LogP contribution in [0.2, 0.25) is 0 Å². The van der Waals surface area contributed by atoms with E-state index in [0.717, 1.165) is 11.4 Å². The van der Waals surface area contributed by atoms with Crippen LogP contribution in [-0.2, 0) is 18.2 Å². The second-order valence-corrected chi connectivity index (χ2v) is 4.28. The number of hydrogen-bond acceptors (Lipinski definition) is 4. The van der Waals surface area contributed by atoms with Gasteiger partial charge in [0.2, 0.25) is 0 Å². The summed E-state index contributed by atoms with van der Waals surface area (Å²) in [5.74, 6) is 0.377. The predicted octanol–water partition coefficient (Wildman–Crippen LogP) is 0.893. The number of nitrogens with one attached hydrogen (secondary N) is 2. The number of rotatable bonds is 5. The highest BCUT2D eigenvalue weighted by Crippen LogP contribution is 2.11. The second kappa shape index (κ2) is 5.66. The third-order valence-corrected chi connectivity index (χ3v) is 2.67. The van der Waals surface area contributed by atoms with Crippen molar-refractivity contribution in [3.05, 3.63) is 29.2 Å². The number of carbonyl (C=O) groups is 1. The molecule has 7 heteroatoms. The van der Waals surface area contributed by atoms with Crippen molar-refractivity contribution in [2.75, 3.05) is 19.0 Å². The Labute approximate surface area is 111 Å². The Balaban J connectivity index is 2.06. The van der Waals surface area contributed by atoms with Crippen LogP contribution >= 0.6 is 0 Å². The van der Waals surface area contributed by atoms with Crippen molar-refractivity contribution in [3.63, 3.8) is 0 Å². The fraction of sp³-hybridized carbons (Fsp3) is 0.417. The Morgan fingerprint density at radius 2 is 2.32 bits per heavy atom. The van der Waals surface area contributed by atoms with Crippen LogP contribution in [0.15, 0.2) is 12.1 Å². The van der Waals surface area contributed by atoms with Crippen LogP contribution in [0.25, 0.3) is 0 Å². The van der Waals surface area contributed by atoms with Gasteiger partial charge in [-0.05, 0) is 13.0 Å². The first kappa shape index (κ1) is 13.3. The summed E-state index contributed by atoms with van der Waals surface area (Å²) in [7, 11) is 3.42. The lowest BCUT2D eigenvalue weighted by atomic mass is 10.3. The number of aromatic amines is 1. The third-order valence-electron chi connectivity index (χ3n) is 2.67. The Bertz CT molecular complexity index is 572. The van der Waals surface area contributed by atoms with Gasteiger partial charge in [-0.3, -0.25) is 14.6 Å². The summed E-state index contributed by atoms with van der Waals surface area (Å²) in [6.07, 6.45) is 0.710. The predicted molar refractivity (Wildman–Crippen MR) is 70.1 cm³/mol. The van der Waals surface area contributed by atoms with Gasteiger partial charge in [-0.2, -0.15) is 10.2 Å². The molecule has 0 unspecified atom stereocenters. The van der Waals surface area contributed by atoms with E-state index in [1.807, 2.05) is 13.0 Å². The van der Waals surface area contributed by atoms with Crippen LogP contribution in [0.1, 0.15) is 21.9 Å². The number of amides is 1. The number of methoxy groups -OCH3 is 1. The van der Waals surface area contributed by atoms with Gasteiger partial charge < -0.3 is 10.1 Å². The summed E-state index contributed by atoms with van der Waals surface area (Å²) in [4.78, 5) is 11.9. The number of aryl methyl sites for hydroxylation is 2. The number of aromatic nitrogens is 4. The minimum absolute atomic E-state index is 0.259. The van der Waals surface area contributed by atoms with Gasteiger partial charge in [0.1, 0.15) is 5.82 Å². The van der Waals surface area contributed by atoms with Gasteiger partial charge in [-0.1, -0.05) is 0 Å². The van der Waals surface area contributed by atoms with Gasteiger partial charge in [0.15, 0.2) is 5.69 Å². The number of ether oxygens (including phenoxy) is 1. The zero-order chi connectivity index (χ0) is 13.8. The van der Waals surface area contributed by atoms with Crippen molar-refractivity contribution >= 4 is 11.7 Å². The standard InChI is InChI=1S/C12H17N5O2/c1-8-6-10(15-14-8)12(18)13-11-7-9(4-5-19-3)16-17(11)2/h6-7H,4-5H2,1-3H3,(H,13,18)(H,14,15). The molecule has 0 saturated carbocycles. The molecule has 0 radical (unpaired) electrons. The lowest BCUT2D eigenvalue weighted by molar-refractivity contribution is 0.102. The molecule has 0 fully saturated rings. The average Bonchev–Trinajstić information content (AvgIpc) is 2.94. The van der Waals surface area contributed by atoms with E-state index in [1.54, 1.807) is 24.9 Å². The minimum Gasteiger partial charge on any atom is -0.384 e. The number of hydrogen-bond donors (Lipinski definition) is 2. The molecule has 0 saturated heterocycles. The van der Waals surface area contributed by atoms with E-state index in [9.17, 15) is 4.79 Å². The second-order valence-electron chi connectivity index (χ2n) is 4.28. The zero-order valence-electron chi connectivity index (χ0n) is 11.2. The molecule has 19 heavy (non-hydrogen) atoms. The Kier molecular flexibility index (Phi) is 3.96. The summed E-state index contributed by atoms with van der Waals surface area (Å²) in [6, 6.07) is 3.52. The maximum atomic E-state index is 11.9. The maximum Gasteiger partial charge on any atom is 0.277 e. The van der Waals surface area contributed by atoms with E-state index < -0.39 is 0 Å². The van der Waals surface area contributed by atoms with E-state index >= 15 is 0 Å². The van der Waals surface area contributed by atoms with Crippen LogP contribution in [0.4, 0.5) is 5.82 Å². The minimum atomic E-state index is -0.259. The van der Waals surface area contributed by atoms with Crippen molar-refractivity contribution in [1.29, 1.82) is 0 Å². The first-order valence-corrected chi connectivity index (χ1v) is 5.95. The van der Waals surface area contributed by atoms with E-state index in [4.69, 9.17) is 4.74 Å². The highest BCUT2D eigenvalue weighted by atomic mass is 16.5. The monoisotopic (exact) mass is 263 g/mol. The maximum absolute atomic E-state index is 11.9. The van der Waals surface area contributed by atoms with E-state index in [0.29, 0.717) is 24.5 Å². The first-order chi connectivity index (χ1) is 9.10. The highest BCUT2D eigenvalue weighted by Gasteiger charge is 2.12. The average molecular weight is 263 g/mol. The smallest absolute Gasteiger partial charge is 0.277 e. The van der Waals surface area contributed by atoms with Crippen molar-refractivity contribution in [2.45, 2.75) is 13.3 Å². The van der Waals surface area contributed by atoms with E-state index in [-0.39, 0.29) is 5.91 Å². The van der Waals surface area contributed by atoms with Gasteiger partial charge in [-0.25, -0.2) is 0 Å². The van der Waals surface area contributed by atoms with Crippen molar-refractivity contribution in [1.82, 2.24) is 20.0 Å². The van der Waals surface area contributed by atoms with E-state index in [2.05, 4.69) is 20.6 Å². The summed E-state index contributed by atoms with van der Waals surface area (Å²) in [6.45, 7) is 2.44. The number of H-pyrrole nitrogens is 1. The lowest BCUT2D eigenvalue weighted by Crippen LogP contribution is -2.14. The van der Waals surface area contributed by atoms with Gasteiger partial charge in [0.25, 0.3) is 5.91 Å². The molecular weight excluding hydrogens is 246 g/mol. The number of nitrogens with zero attached hydrogens (tertiary/aromatic N) is 3. The van der Waals surface area contributed by atoms with Crippen molar-refractivity contribution in [3.8, 4) is 0 Å². The molecule has 2 aromatic heterocycles. The summed E-state index contributed by atoms with van der Waals surface area (Å²) >= 11 is 0. The Hall–Kier alpha value is -2.15.